The molecule has 0 amide bonds. The minimum Gasteiger partial charge on any atom is -0.258 e. The molecule has 0 spiro atoms. The SMILES string of the molecule is O=[N+]([O-])c1c(I)ccc(Cl)c1C(F)(F)F. The molecule has 0 aliphatic heterocycles. The van der Waals surface area contributed by atoms with Crippen LogP contribution in [0.3, 0.4) is 0 Å². The van der Waals surface area contributed by atoms with Crippen molar-refractivity contribution < 1.29 is 18.1 Å². The normalized spacial score (nSPS) is 11.5. The zero-order chi connectivity index (χ0) is 11.8. The Morgan fingerprint density at radius 2 is 1.93 bits per heavy atom. The number of nitro groups is 1. The van der Waals surface area contributed by atoms with Crippen LogP contribution in [0, 0.1) is 13.7 Å². The molecule has 0 radical (unpaired) electrons. The fraction of sp³-hybridized carbons (Fsp3) is 0.143. The van der Waals surface area contributed by atoms with Crippen LogP contribution in [0.25, 0.3) is 0 Å². The van der Waals surface area contributed by atoms with Gasteiger partial charge in [0.1, 0.15) is 0 Å². The molecule has 0 saturated heterocycles. The summed E-state index contributed by atoms with van der Waals surface area (Å²) < 4.78 is 37.3. The lowest BCUT2D eigenvalue weighted by Gasteiger charge is -2.09. The second-order valence-electron chi connectivity index (χ2n) is 2.51. The van der Waals surface area contributed by atoms with Gasteiger partial charge >= 0.3 is 6.18 Å². The molecular weight excluding hydrogens is 349 g/mol. The van der Waals surface area contributed by atoms with Gasteiger partial charge in [-0.05, 0) is 34.7 Å². The lowest BCUT2D eigenvalue weighted by molar-refractivity contribution is -0.389. The van der Waals surface area contributed by atoms with Crippen molar-refractivity contribution in [2.75, 3.05) is 0 Å². The Kier molecular flexibility index (Phi) is 3.44. The van der Waals surface area contributed by atoms with Crippen molar-refractivity contribution in [1.29, 1.82) is 0 Å². The van der Waals surface area contributed by atoms with E-state index in [0.29, 0.717) is 0 Å². The molecule has 1 aromatic rings. The maximum absolute atomic E-state index is 12.5. The standard InChI is InChI=1S/C7H2ClF3INO2/c8-3-1-2-4(12)6(13(14)15)5(3)7(9,10)11/h1-2H. The van der Waals surface area contributed by atoms with Crippen LogP contribution in [0.2, 0.25) is 5.02 Å². The number of rotatable bonds is 1. The third-order valence-electron chi connectivity index (χ3n) is 1.54. The van der Waals surface area contributed by atoms with E-state index in [-0.39, 0.29) is 3.57 Å². The van der Waals surface area contributed by atoms with Crippen molar-refractivity contribution in [2.24, 2.45) is 0 Å². The molecule has 0 aliphatic carbocycles. The van der Waals surface area contributed by atoms with E-state index >= 15 is 0 Å². The van der Waals surface area contributed by atoms with Gasteiger partial charge in [0.15, 0.2) is 5.56 Å². The highest BCUT2D eigenvalue weighted by atomic mass is 127. The zero-order valence-corrected chi connectivity index (χ0v) is 9.72. The van der Waals surface area contributed by atoms with E-state index in [4.69, 9.17) is 11.6 Å². The molecule has 3 nitrogen and oxygen atoms in total. The Hall–Kier alpha value is -0.570. The van der Waals surface area contributed by atoms with Crippen molar-refractivity contribution >= 4 is 39.9 Å². The first-order valence-electron chi connectivity index (χ1n) is 3.44. The Morgan fingerprint density at radius 1 is 1.40 bits per heavy atom. The molecule has 8 heteroatoms. The lowest BCUT2D eigenvalue weighted by Crippen LogP contribution is -2.11. The largest absolute Gasteiger partial charge is 0.424 e. The number of alkyl halides is 3. The van der Waals surface area contributed by atoms with Gasteiger partial charge in [0.25, 0.3) is 5.69 Å². The number of nitrogens with zero attached hydrogens (tertiary/aromatic N) is 1. The van der Waals surface area contributed by atoms with Crippen LogP contribution in [0.4, 0.5) is 18.9 Å². The highest BCUT2D eigenvalue weighted by molar-refractivity contribution is 14.1. The fourth-order valence-electron chi connectivity index (χ4n) is 0.989. The second kappa shape index (κ2) is 4.12. The van der Waals surface area contributed by atoms with Gasteiger partial charge in [-0.25, -0.2) is 0 Å². The topological polar surface area (TPSA) is 43.1 Å². The van der Waals surface area contributed by atoms with E-state index in [2.05, 4.69) is 0 Å². The highest BCUT2D eigenvalue weighted by Crippen LogP contribution is 2.42. The minimum absolute atomic E-state index is 0.102. The summed E-state index contributed by atoms with van der Waals surface area (Å²) in [5, 5.41) is 9.81. The van der Waals surface area contributed by atoms with E-state index in [0.717, 1.165) is 12.1 Å². The minimum atomic E-state index is -4.83. The molecule has 0 atom stereocenters. The van der Waals surface area contributed by atoms with Gasteiger partial charge in [-0.3, -0.25) is 10.1 Å². The number of hydrogen-bond acceptors (Lipinski definition) is 2. The third-order valence-corrected chi connectivity index (χ3v) is 2.73. The van der Waals surface area contributed by atoms with E-state index in [1.807, 2.05) is 0 Å². The molecule has 0 N–H and O–H groups in total. The van der Waals surface area contributed by atoms with Gasteiger partial charge in [0.05, 0.1) is 13.5 Å². The predicted molar refractivity (Wildman–Crippen MR) is 55.8 cm³/mol. The maximum Gasteiger partial charge on any atom is 0.424 e. The first-order valence-corrected chi connectivity index (χ1v) is 4.90. The number of hydrogen-bond donors (Lipinski definition) is 0. The van der Waals surface area contributed by atoms with Crippen LogP contribution in [-0.2, 0) is 6.18 Å². The summed E-state index contributed by atoms with van der Waals surface area (Å²) in [5.41, 5.74) is -2.41. The second-order valence-corrected chi connectivity index (χ2v) is 4.08. The van der Waals surface area contributed by atoms with E-state index in [1.54, 1.807) is 0 Å². The Balaban J connectivity index is 3.60. The van der Waals surface area contributed by atoms with Crippen LogP contribution >= 0.6 is 34.2 Å². The molecular formula is C7H2ClF3INO2. The summed E-state index contributed by atoms with van der Waals surface area (Å²) in [6, 6.07) is 2.15. The summed E-state index contributed by atoms with van der Waals surface area (Å²) in [4.78, 5) is 9.40. The molecule has 0 bridgehead atoms. The molecule has 1 rings (SSSR count). The molecule has 1 aromatic carbocycles. The van der Waals surface area contributed by atoms with Crippen LogP contribution in [0.1, 0.15) is 5.56 Å². The van der Waals surface area contributed by atoms with E-state index < -0.39 is 27.4 Å². The molecule has 0 aliphatic rings. The zero-order valence-electron chi connectivity index (χ0n) is 6.81. The summed E-state index contributed by atoms with van der Waals surface area (Å²) in [6.45, 7) is 0. The van der Waals surface area contributed by atoms with Crippen LogP contribution in [0.15, 0.2) is 12.1 Å². The monoisotopic (exact) mass is 351 g/mol. The summed E-state index contributed by atoms with van der Waals surface area (Å²) in [7, 11) is 0. The van der Waals surface area contributed by atoms with Gasteiger partial charge in [0.2, 0.25) is 0 Å². The van der Waals surface area contributed by atoms with E-state index in [9.17, 15) is 23.3 Å². The molecule has 0 aromatic heterocycles. The Bertz CT molecular complexity index is 421. The van der Waals surface area contributed by atoms with Crippen molar-refractivity contribution in [3.8, 4) is 0 Å². The van der Waals surface area contributed by atoms with E-state index in [1.165, 1.54) is 22.6 Å². The molecule has 0 heterocycles. The first kappa shape index (κ1) is 12.5. The van der Waals surface area contributed by atoms with Crippen LogP contribution < -0.4 is 0 Å². The average Bonchev–Trinajstić information content (AvgIpc) is 2.05. The van der Waals surface area contributed by atoms with Crippen LogP contribution in [-0.4, -0.2) is 4.92 Å². The molecule has 0 saturated carbocycles. The molecule has 0 fully saturated rings. The van der Waals surface area contributed by atoms with Crippen molar-refractivity contribution in [2.45, 2.75) is 6.18 Å². The van der Waals surface area contributed by atoms with Crippen molar-refractivity contribution in [3.63, 3.8) is 0 Å². The van der Waals surface area contributed by atoms with Gasteiger partial charge in [-0.15, -0.1) is 0 Å². The number of benzene rings is 1. The number of halogens is 5. The molecule has 0 unspecified atom stereocenters. The summed E-state index contributed by atoms with van der Waals surface area (Å²) in [6.07, 6.45) is -4.83. The summed E-state index contributed by atoms with van der Waals surface area (Å²) in [5.74, 6) is 0. The maximum atomic E-state index is 12.5. The number of nitro benzene ring substituents is 1. The van der Waals surface area contributed by atoms with Gasteiger partial charge < -0.3 is 0 Å². The molecule has 82 valence electrons. The molecule has 15 heavy (non-hydrogen) atoms. The average molecular weight is 351 g/mol. The van der Waals surface area contributed by atoms with Crippen LogP contribution in [0.5, 0.6) is 0 Å². The third kappa shape index (κ3) is 2.51. The lowest BCUT2D eigenvalue weighted by atomic mass is 10.2. The van der Waals surface area contributed by atoms with Gasteiger partial charge in [-0.1, -0.05) is 11.6 Å². The fourth-order valence-corrected chi connectivity index (χ4v) is 1.90. The highest BCUT2D eigenvalue weighted by Gasteiger charge is 2.42. The Labute approximate surface area is 101 Å². The smallest absolute Gasteiger partial charge is 0.258 e. The van der Waals surface area contributed by atoms with Crippen molar-refractivity contribution in [1.82, 2.24) is 0 Å². The first-order chi connectivity index (χ1) is 6.75. The van der Waals surface area contributed by atoms with Gasteiger partial charge in [-0.2, -0.15) is 13.2 Å². The predicted octanol–water partition coefficient (Wildman–Crippen LogP) is 3.87. The van der Waals surface area contributed by atoms with Crippen molar-refractivity contribution in [3.05, 3.63) is 36.4 Å². The van der Waals surface area contributed by atoms with Gasteiger partial charge in [0, 0.05) is 0 Å². The quantitative estimate of drug-likeness (QED) is 0.438. The Morgan fingerprint density at radius 3 is 2.27 bits per heavy atom. The summed E-state index contributed by atoms with van der Waals surface area (Å²) >= 11 is 6.76.